The maximum atomic E-state index is 5.46. The van der Waals surface area contributed by atoms with Crippen molar-refractivity contribution in [1.29, 1.82) is 0 Å². The lowest BCUT2D eigenvalue weighted by molar-refractivity contribution is 0.0371. The van der Waals surface area contributed by atoms with Gasteiger partial charge in [0.15, 0.2) is 0 Å². The Bertz CT molecular complexity index is 373. The van der Waals surface area contributed by atoms with Gasteiger partial charge in [0.25, 0.3) is 0 Å². The quantitative estimate of drug-likeness (QED) is 0.819. The second kappa shape index (κ2) is 6.88. The fourth-order valence-electron chi connectivity index (χ4n) is 2.34. The molecule has 0 bridgehead atoms. The number of ether oxygens (including phenoxy) is 1. The van der Waals surface area contributed by atoms with E-state index in [9.17, 15) is 0 Å². The van der Waals surface area contributed by atoms with E-state index in [1.807, 2.05) is 11.8 Å². The van der Waals surface area contributed by atoms with Crippen LogP contribution in [0.25, 0.3) is 0 Å². The first-order valence-electron chi connectivity index (χ1n) is 6.56. The number of rotatable bonds is 5. The fourth-order valence-corrected chi connectivity index (χ4v) is 4.26. The van der Waals surface area contributed by atoms with Crippen molar-refractivity contribution in [1.82, 2.24) is 0 Å². The summed E-state index contributed by atoms with van der Waals surface area (Å²) in [5.74, 6) is 3.29. The van der Waals surface area contributed by atoms with E-state index >= 15 is 0 Å². The van der Waals surface area contributed by atoms with Gasteiger partial charge in [-0.25, -0.2) is 0 Å². The minimum atomic E-state index is 0.399. The Hall–Kier alpha value is -0.120. The van der Waals surface area contributed by atoms with Crippen LogP contribution in [0, 0.1) is 12.3 Å². The molecule has 100 valence electrons. The zero-order valence-corrected chi connectivity index (χ0v) is 12.7. The number of thioether (sulfide) groups is 1. The minimum Gasteiger partial charge on any atom is -0.381 e. The molecule has 1 aliphatic rings. The van der Waals surface area contributed by atoms with Crippen molar-refractivity contribution in [2.75, 3.05) is 24.7 Å². The summed E-state index contributed by atoms with van der Waals surface area (Å²) in [6.07, 6.45) is 2.33. The summed E-state index contributed by atoms with van der Waals surface area (Å²) in [4.78, 5) is 0. The summed E-state index contributed by atoms with van der Waals surface area (Å²) in [5, 5.41) is 0. The van der Waals surface area contributed by atoms with Crippen molar-refractivity contribution in [3.8, 4) is 0 Å². The van der Waals surface area contributed by atoms with E-state index in [1.54, 1.807) is 0 Å². The molecule has 0 unspecified atom stereocenters. The van der Waals surface area contributed by atoms with Gasteiger partial charge in [-0.2, -0.15) is 24.4 Å². The van der Waals surface area contributed by atoms with Gasteiger partial charge in [-0.05, 0) is 36.5 Å². The topological polar surface area (TPSA) is 9.23 Å². The molecular formula is C15H22OS2. The lowest BCUT2D eigenvalue weighted by atomic mass is 9.84. The summed E-state index contributed by atoms with van der Waals surface area (Å²) < 4.78 is 5.46. The Balaban J connectivity index is 1.83. The molecule has 0 N–H and O–H groups in total. The van der Waals surface area contributed by atoms with E-state index in [2.05, 4.69) is 43.8 Å². The Morgan fingerprint density at radius 1 is 1.33 bits per heavy atom. The van der Waals surface area contributed by atoms with Crippen LogP contribution in [0.2, 0.25) is 0 Å². The van der Waals surface area contributed by atoms with E-state index in [4.69, 9.17) is 4.74 Å². The van der Waals surface area contributed by atoms with Crippen LogP contribution in [0.5, 0.6) is 0 Å². The van der Waals surface area contributed by atoms with Crippen LogP contribution in [0.15, 0.2) is 24.3 Å². The van der Waals surface area contributed by atoms with Crippen LogP contribution in [0.1, 0.15) is 24.0 Å². The smallest absolute Gasteiger partial charge is 0.0471 e. The van der Waals surface area contributed by atoms with E-state index in [0.717, 1.165) is 37.6 Å². The molecule has 18 heavy (non-hydrogen) atoms. The van der Waals surface area contributed by atoms with Gasteiger partial charge >= 0.3 is 0 Å². The molecule has 1 aromatic rings. The molecule has 1 heterocycles. The highest BCUT2D eigenvalue weighted by Gasteiger charge is 2.30. The highest BCUT2D eigenvalue weighted by Crippen LogP contribution is 2.36. The van der Waals surface area contributed by atoms with Crippen molar-refractivity contribution >= 4 is 24.4 Å². The van der Waals surface area contributed by atoms with E-state index < -0.39 is 0 Å². The normalized spacial score (nSPS) is 18.8. The van der Waals surface area contributed by atoms with Gasteiger partial charge in [0, 0.05) is 24.7 Å². The number of benzene rings is 1. The largest absolute Gasteiger partial charge is 0.381 e. The van der Waals surface area contributed by atoms with Gasteiger partial charge in [-0.3, -0.25) is 0 Å². The summed E-state index contributed by atoms with van der Waals surface area (Å²) in [6.45, 7) is 3.97. The average Bonchev–Trinajstić information content (AvgIpc) is 2.40. The van der Waals surface area contributed by atoms with Crippen LogP contribution < -0.4 is 0 Å². The van der Waals surface area contributed by atoms with Crippen molar-refractivity contribution in [2.45, 2.75) is 25.5 Å². The third-order valence-corrected chi connectivity index (χ3v) is 5.67. The number of thiol groups is 1. The molecule has 0 saturated carbocycles. The Labute approximate surface area is 120 Å². The van der Waals surface area contributed by atoms with Crippen LogP contribution >= 0.6 is 24.4 Å². The second-order valence-corrected chi connectivity index (χ2v) is 6.55. The van der Waals surface area contributed by atoms with Crippen LogP contribution in [0.4, 0.5) is 0 Å². The third kappa shape index (κ3) is 3.94. The molecule has 0 atom stereocenters. The van der Waals surface area contributed by atoms with Crippen molar-refractivity contribution in [3.63, 3.8) is 0 Å². The molecule has 0 radical (unpaired) electrons. The monoisotopic (exact) mass is 282 g/mol. The Morgan fingerprint density at radius 3 is 2.78 bits per heavy atom. The summed E-state index contributed by atoms with van der Waals surface area (Å²) in [6, 6.07) is 8.80. The third-order valence-electron chi connectivity index (χ3n) is 3.65. The average molecular weight is 282 g/mol. The SMILES string of the molecule is Cc1cccc(CSCC2(CS)CCOCC2)c1. The fraction of sp³-hybridized carbons (Fsp3) is 0.600. The zero-order valence-electron chi connectivity index (χ0n) is 11.0. The van der Waals surface area contributed by atoms with Crippen molar-refractivity contribution in [3.05, 3.63) is 35.4 Å². The van der Waals surface area contributed by atoms with E-state index in [-0.39, 0.29) is 0 Å². The maximum Gasteiger partial charge on any atom is 0.0471 e. The molecule has 0 spiro atoms. The molecule has 2 rings (SSSR count). The second-order valence-electron chi connectivity index (χ2n) is 5.25. The van der Waals surface area contributed by atoms with Gasteiger partial charge in [-0.1, -0.05) is 29.8 Å². The Morgan fingerprint density at radius 2 is 2.11 bits per heavy atom. The van der Waals surface area contributed by atoms with Crippen LogP contribution in [-0.4, -0.2) is 24.7 Å². The molecular weight excluding hydrogens is 260 g/mol. The lowest BCUT2D eigenvalue weighted by Gasteiger charge is -2.35. The number of hydrogen-bond donors (Lipinski definition) is 1. The van der Waals surface area contributed by atoms with E-state index in [0.29, 0.717) is 5.41 Å². The standard InChI is InChI=1S/C15H22OS2/c1-13-3-2-4-14(9-13)10-18-12-15(11-17)5-7-16-8-6-15/h2-4,9,17H,5-8,10-12H2,1H3. The zero-order chi connectivity index (χ0) is 12.8. The molecule has 0 amide bonds. The predicted octanol–water partition coefficient (Wildman–Crippen LogP) is 3.95. The molecule has 1 aromatic carbocycles. The molecule has 0 aromatic heterocycles. The highest BCUT2D eigenvalue weighted by molar-refractivity contribution is 7.98. The predicted molar refractivity (Wildman–Crippen MR) is 83.7 cm³/mol. The van der Waals surface area contributed by atoms with Gasteiger partial charge in [0.1, 0.15) is 0 Å². The molecule has 3 heteroatoms. The summed E-state index contributed by atoms with van der Waals surface area (Å²) >= 11 is 6.60. The summed E-state index contributed by atoms with van der Waals surface area (Å²) in [7, 11) is 0. The number of aryl methyl sites for hydroxylation is 1. The van der Waals surface area contributed by atoms with Crippen molar-refractivity contribution < 1.29 is 4.74 Å². The number of hydrogen-bond acceptors (Lipinski definition) is 3. The first kappa shape index (κ1) is 14.3. The minimum absolute atomic E-state index is 0.399. The van der Waals surface area contributed by atoms with Crippen molar-refractivity contribution in [2.24, 2.45) is 5.41 Å². The highest BCUT2D eigenvalue weighted by atomic mass is 32.2. The maximum absolute atomic E-state index is 5.46. The van der Waals surface area contributed by atoms with Crippen LogP contribution in [0.3, 0.4) is 0 Å². The first-order chi connectivity index (χ1) is 8.74. The molecule has 1 aliphatic heterocycles. The van der Waals surface area contributed by atoms with E-state index in [1.165, 1.54) is 16.9 Å². The molecule has 0 aliphatic carbocycles. The first-order valence-corrected chi connectivity index (χ1v) is 8.35. The molecule has 1 saturated heterocycles. The Kier molecular flexibility index (Phi) is 5.46. The lowest BCUT2D eigenvalue weighted by Crippen LogP contribution is -2.33. The van der Waals surface area contributed by atoms with Gasteiger partial charge in [0.2, 0.25) is 0 Å². The van der Waals surface area contributed by atoms with Gasteiger partial charge in [-0.15, -0.1) is 0 Å². The van der Waals surface area contributed by atoms with Gasteiger partial charge in [0.05, 0.1) is 0 Å². The molecule has 1 fully saturated rings. The van der Waals surface area contributed by atoms with Gasteiger partial charge < -0.3 is 4.74 Å². The summed E-state index contributed by atoms with van der Waals surface area (Å²) in [5.41, 5.74) is 3.18. The van der Waals surface area contributed by atoms with Crippen LogP contribution in [-0.2, 0) is 10.5 Å². The molecule has 1 nitrogen and oxygen atoms in total.